The number of aryl methyl sites for hydroxylation is 1. The minimum atomic E-state index is 1.06. The van der Waals surface area contributed by atoms with Crippen LogP contribution in [-0.4, -0.2) is 0 Å². The van der Waals surface area contributed by atoms with Crippen LogP contribution >= 0.6 is 22.7 Å². The second-order valence-corrected chi connectivity index (χ2v) is 9.99. The molecule has 4 fully saturated rings. The van der Waals surface area contributed by atoms with Crippen LogP contribution < -0.4 is 0 Å². The van der Waals surface area contributed by atoms with Crippen LogP contribution in [0.15, 0.2) is 29.6 Å². The van der Waals surface area contributed by atoms with Crippen LogP contribution in [0.25, 0.3) is 9.75 Å². The molecule has 0 nitrogen and oxygen atoms in total. The summed E-state index contributed by atoms with van der Waals surface area (Å²) < 4.78 is 0. The molecule has 4 aliphatic rings. The van der Waals surface area contributed by atoms with Crippen molar-refractivity contribution in [2.45, 2.75) is 44.9 Å². The molecule has 0 N–H and O–H groups in total. The molecule has 0 saturated heterocycles. The summed E-state index contributed by atoms with van der Waals surface area (Å²) in [5.41, 5.74) is 0. The fourth-order valence-corrected chi connectivity index (χ4v) is 7.74. The molecule has 0 aromatic carbocycles. The smallest absolute Gasteiger partial charge is 0.0445 e. The molecule has 4 saturated carbocycles. The Bertz CT molecular complexity index is 608. The third-order valence-electron chi connectivity index (χ3n) is 6.57. The van der Waals surface area contributed by atoms with Crippen molar-refractivity contribution < 1.29 is 0 Å². The van der Waals surface area contributed by atoms with Crippen molar-refractivity contribution in [3.05, 3.63) is 34.5 Å². The second-order valence-electron chi connectivity index (χ2n) is 7.88. The Morgan fingerprint density at radius 2 is 1.64 bits per heavy atom. The van der Waals surface area contributed by atoms with E-state index in [9.17, 15) is 0 Å². The summed E-state index contributed by atoms with van der Waals surface area (Å²) in [6, 6.07) is 9.13. The summed E-state index contributed by atoms with van der Waals surface area (Å²) >= 11 is 3.89. The molecule has 0 aliphatic heterocycles. The Morgan fingerprint density at radius 1 is 0.864 bits per heavy atom. The van der Waals surface area contributed by atoms with Crippen LogP contribution in [0.3, 0.4) is 0 Å². The van der Waals surface area contributed by atoms with E-state index in [1.54, 1.807) is 37.0 Å². The van der Waals surface area contributed by atoms with E-state index >= 15 is 0 Å². The summed E-state index contributed by atoms with van der Waals surface area (Å²) in [6.45, 7) is 0. The Labute approximate surface area is 141 Å². The highest BCUT2D eigenvalue weighted by Gasteiger charge is 2.47. The molecule has 116 valence electrons. The lowest BCUT2D eigenvalue weighted by molar-refractivity contribution is -0.0393. The number of thiophene rings is 2. The van der Waals surface area contributed by atoms with Crippen LogP contribution in [0.5, 0.6) is 0 Å². The minimum Gasteiger partial charge on any atom is -0.143 e. The predicted octanol–water partition coefficient (Wildman–Crippen LogP) is 6.48. The molecule has 22 heavy (non-hydrogen) atoms. The SMILES string of the molecule is c1csc(-c2ccc(CCC3C4CC5CC(C4)CC3C5)s2)c1. The fraction of sp³-hybridized carbons (Fsp3) is 0.600. The van der Waals surface area contributed by atoms with Gasteiger partial charge in [-0.3, -0.25) is 0 Å². The van der Waals surface area contributed by atoms with E-state index in [2.05, 4.69) is 29.6 Å². The molecule has 0 unspecified atom stereocenters. The molecule has 2 heteroatoms. The molecule has 2 aromatic heterocycles. The summed E-state index contributed by atoms with van der Waals surface area (Å²) in [5, 5.41) is 2.18. The zero-order chi connectivity index (χ0) is 14.5. The van der Waals surface area contributed by atoms with E-state index in [4.69, 9.17) is 0 Å². The first-order valence-corrected chi connectivity index (χ1v) is 10.7. The van der Waals surface area contributed by atoms with Crippen molar-refractivity contribution in [1.82, 2.24) is 0 Å². The van der Waals surface area contributed by atoms with Gasteiger partial charge >= 0.3 is 0 Å². The van der Waals surface area contributed by atoms with Gasteiger partial charge in [-0.25, -0.2) is 0 Å². The first-order valence-electron chi connectivity index (χ1n) is 8.98. The molecular weight excluding hydrogens is 304 g/mol. The first kappa shape index (κ1) is 13.8. The molecule has 6 rings (SSSR count). The fourth-order valence-electron chi connectivity index (χ4n) is 5.88. The first-order chi connectivity index (χ1) is 10.8. The van der Waals surface area contributed by atoms with Crippen molar-refractivity contribution in [1.29, 1.82) is 0 Å². The average molecular weight is 329 g/mol. The maximum Gasteiger partial charge on any atom is 0.0445 e. The normalized spacial score (nSPS) is 36.1. The van der Waals surface area contributed by atoms with Gasteiger partial charge in [-0.05, 0) is 98.1 Å². The van der Waals surface area contributed by atoms with Gasteiger partial charge in [0.15, 0.2) is 0 Å². The van der Waals surface area contributed by atoms with Crippen molar-refractivity contribution in [2.24, 2.45) is 29.6 Å². The lowest BCUT2D eigenvalue weighted by Crippen LogP contribution is -2.45. The third-order valence-corrected chi connectivity index (χ3v) is 8.78. The van der Waals surface area contributed by atoms with Gasteiger partial charge in [-0.2, -0.15) is 0 Å². The van der Waals surface area contributed by atoms with Gasteiger partial charge < -0.3 is 0 Å². The molecule has 2 heterocycles. The van der Waals surface area contributed by atoms with E-state index < -0.39 is 0 Å². The second kappa shape index (κ2) is 5.49. The van der Waals surface area contributed by atoms with Crippen LogP contribution in [0.2, 0.25) is 0 Å². The molecule has 0 spiro atoms. The van der Waals surface area contributed by atoms with E-state index in [0.29, 0.717) is 0 Å². The quantitative estimate of drug-likeness (QED) is 0.602. The monoisotopic (exact) mass is 328 g/mol. The van der Waals surface area contributed by atoms with Crippen molar-refractivity contribution in [3.8, 4) is 9.75 Å². The lowest BCUT2D eigenvalue weighted by Gasteiger charge is -2.54. The summed E-state index contributed by atoms with van der Waals surface area (Å²) in [5.74, 6) is 5.47. The van der Waals surface area contributed by atoms with E-state index in [1.165, 1.54) is 22.6 Å². The highest BCUT2D eigenvalue weighted by molar-refractivity contribution is 7.21. The van der Waals surface area contributed by atoms with Crippen molar-refractivity contribution in [2.75, 3.05) is 0 Å². The van der Waals surface area contributed by atoms with Crippen molar-refractivity contribution in [3.63, 3.8) is 0 Å². The van der Waals surface area contributed by atoms with Gasteiger partial charge in [-0.15, -0.1) is 22.7 Å². The Hall–Kier alpha value is -0.600. The third kappa shape index (κ3) is 2.39. The topological polar surface area (TPSA) is 0 Å². The van der Waals surface area contributed by atoms with Gasteiger partial charge in [0.2, 0.25) is 0 Å². The van der Waals surface area contributed by atoms with Gasteiger partial charge in [0.05, 0.1) is 0 Å². The molecule has 0 radical (unpaired) electrons. The minimum absolute atomic E-state index is 1.06. The number of rotatable bonds is 4. The number of hydrogen-bond donors (Lipinski definition) is 0. The van der Waals surface area contributed by atoms with Crippen LogP contribution in [0, 0.1) is 29.6 Å². The van der Waals surface area contributed by atoms with E-state index in [0.717, 1.165) is 29.6 Å². The van der Waals surface area contributed by atoms with Crippen LogP contribution in [0.4, 0.5) is 0 Å². The Balaban J connectivity index is 1.26. The molecule has 0 amide bonds. The zero-order valence-corrected chi connectivity index (χ0v) is 14.7. The highest BCUT2D eigenvalue weighted by atomic mass is 32.1. The largest absolute Gasteiger partial charge is 0.143 e. The number of hydrogen-bond acceptors (Lipinski definition) is 2. The zero-order valence-electron chi connectivity index (χ0n) is 13.0. The predicted molar refractivity (Wildman–Crippen MR) is 96.5 cm³/mol. The molecule has 0 atom stereocenters. The maximum absolute atomic E-state index is 2.38. The lowest BCUT2D eigenvalue weighted by atomic mass is 9.51. The van der Waals surface area contributed by atoms with Gasteiger partial charge in [0, 0.05) is 14.6 Å². The van der Waals surface area contributed by atoms with E-state index in [1.807, 2.05) is 22.7 Å². The maximum atomic E-state index is 2.38. The molecular formula is C20H24S2. The summed E-state index contributed by atoms with van der Waals surface area (Å²) in [4.78, 5) is 4.51. The molecule has 4 aliphatic carbocycles. The Kier molecular flexibility index (Phi) is 3.44. The summed E-state index contributed by atoms with van der Waals surface area (Å²) in [6.07, 6.45) is 10.6. The summed E-state index contributed by atoms with van der Waals surface area (Å²) in [7, 11) is 0. The van der Waals surface area contributed by atoms with Gasteiger partial charge in [0.1, 0.15) is 0 Å². The van der Waals surface area contributed by atoms with Gasteiger partial charge in [0.25, 0.3) is 0 Å². The van der Waals surface area contributed by atoms with E-state index in [-0.39, 0.29) is 0 Å². The average Bonchev–Trinajstić information content (AvgIpc) is 3.17. The van der Waals surface area contributed by atoms with Crippen LogP contribution in [-0.2, 0) is 6.42 Å². The van der Waals surface area contributed by atoms with Crippen LogP contribution in [0.1, 0.15) is 43.4 Å². The van der Waals surface area contributed by atoms with Crippen molar-refractivity contribution >= 4 is 22.7 Å². The highest BCUT2D eigenvalue weighted by Crippen LogP contribution is 2.57. The molecule has 2 aromatic rings. The Morgan fingerprint density at radius 3 is 2.32 bits per heavy atom. The van der Waals surface area contributed by atoms with Gasteiger partial charge in [-0.1, -0.05) is 6.07 Å². The standard InChI is InChI=1S/C20H24S2/c1-2-19(21-7-1)20-6-4-17(22-20)3-5-18-15-9-13-8-14(11-15)12-16(18)10-13/h1-2,4,6-7,13-16,18H,3,5,8-12H2. The molecule has 4 bridgehead atoms.